The van der Waals surface area contributed by atoms with Crippen molar-refractivity contribution in [1.82, 2.24) is 15.0 Å². The number of anilines is 1. The fourth-order valence-electron chi connectivity index (χ4n) is 2.64. The maximum atomic E-state index is 6.10. The third-order valence-corrected chi connectivity index (χ3v) is 3.87. The fraction of sp³-hybridized carbons (Fsp3) is 0.278. The van der Waals surface area contributed by atoms with Gasteiger partial charge in [-0.05, 0) is 30.5 Å². The summed E-state index contributed by atoms with van der Waals surface area (Å²) in [6.45, 7) is 0. The summed E-state index contributed by atoms with van der Waals surface area (Å²) >= 11 is 0. The normalized spacial score (nSPS) is 10.8. The summed E-state index contributed by atoms with van der Waals surface area (Å²) in [4.78, 5) is 13.2. The van der Waals surface area contributed by atoms with Crippen molar-refractivity contribution in [2.45, 2.75) is 19.3 Å². The summed E-state index contributed by atoms with van der Waals surface area (Å²) in [5, 5.41) is 0.767. The van der Waals surface area contributed by atoms with Gasteiger partial charge in [0, 0.05) is 30.3 Å². The Kier molecular flexibility index (Phi) is 4.74. The monoisotopic (exact) mass is 324 g/mol. The Bertz CT molecular complexity index is 837. The summed E-state index contributed by atoms with van der Waals surface area (Å²) in [7, 11) is 3.19. The number of rotatable bonds is 6. The van der Waals surface area contributed by atoms with E-state index in [1.54, 1.807) is 20.4 Å². The lowest BCUT2D eigenvalue weighted by Crippen LogP contribution is -2.03. The maximum Gasteiger partial charge on any atom is 0.162 e. The van der Waals surface area contributed by atoms with Crippen molar-refractivity contribution in [3.63, 3.8) is 0 Å². The molecule has 0 fully saturated rings. The first kappa shape index (κ1) is 16.0. The van der Waals surface area contributed by atoms with Crippen LogP contribution < -0.4 is 15.2 Å². The molecular formula is C18H20N4O2. The van der Waals surface area contributed by atoms with Gasteiger partial charge in [0.2, 0.25) is 0 Å². The number of aromatic nitrogens is 3. The van der Waals surface area contributed by atoms with Crippen LogP contribution in [-0.4, -0.2) is 29.2 Å². The molecule has 0 aliphatic rings. The largest absolute Gasteiger partial charge is 0.493 e. The summed E-state index contributed by atoms with van der Waals surface area (Å²) < 4.78 is 10.6. The van der Waals surface area contributed by atoms with Gasteiger partial charge in [0.25, 0.3) is 0 Å². The predicted molar refractivity (Wildman–Crippen MR) is 93.3 cm³/mol. The number of nitrogens with zero attached hydrogens (tertiary/aromatic N) is 3. The highest BCUT2D eigenvalue weighted by Crippen LogP contribution is 2.33. The highest BCUT2D eigenvalue weighted by molar-refractivity contribution is 5.90. The van der Waals surface area contributed by atoms with E-state index in [4.69, 9.17) is 15.2 Å². The Labute approximate surface area is 140 Å². The van der Waals surface area contributed by atoms with Gasteiger partial charge in [-0.3, -0.25) is 4.98 Å². The van der Waals surface area contributed by atoms with Crippen LogP contribution in [0.25, 0.3) is 10.9 Å². The molecule has 24 heavy (non-hydrogen) atoms. The van der Waals surface area contributed by atoms with Crippen LogP contribution in [0.5, 0.6) is 11.5 Å². The van der Waals surface area contributed by atoms with E-state index in [9.17, 15) is 0 Å². The molecule has 0 saturated heterocycles. The van der Waals surface area contributed by atoms with Crippen molar-refractivity contribution < 1.29 is 9.47 Å². The Morgan fingerprint density at radius 3 is 2.54 bits per heavy atom. The van der Waals surface area contributed by atoms with Crippen LogP contribution in [0.3, 0.4) is 0 Å². The minimum Gasteiger partial charge on any atom is -0.493 e. The van der Waals surface area contributed by atoms with Crippen LogP contribution in [0.15, 0.2) is 36.7 Å². The number of ether oxygens (including phenoxy) is 2. The third kappa shape index (κ3) is 3.37. The van der Waals surface area contributed by atoms with Gasteiger partial charge in [-0.1, -0.05) is 6.07 Å². The van der Waals surface area contributed by atoms with Crippen LogP contribution in [0.2, 0.25) is 0 Å². The highest BCUT2D eigenvalue weighted by atomic mass is 16.5. The lowest BCUT2D eigenvalue weighted by molar-refractivity contribution is 0.356. The van der Waals surface area contributed by atoms with Crippen molar-refractivity contribution in [1.29, 1.82) is 0 Å². The molecule has 3 aromatic rings. The minimum absolute atomic E-state index is 0.456. The molecule has 2 N–H and O–H groups in total. The number of nitrogen functional groups attached to an aromatic ring is 1. The lowest BCUT2D eigenvalue weighted by Gasteiger charge is -2.11. The second-order valence-electron chi connectivity index (χ2n) is 5.46. The molecule has 0 radical (unpaired) electrons. The first-order chi connectivity index (χ1) is 11.7. The van der Waals surface area contributed by atoms with E-state index in [1.165, 1.54) is 5.56 Å². The van der Waals surface area contributed by atoms with Crippen molar-refractivity contribution in [2.24, 2.45) is 0 Å². The van der Waals surface area contributed by atoms with Gasteiger partial charge >= 0.3 is 0 Å². The number of fused-ring (bicyclic) bond motifs is 1. The Hall–Kier alpha value is -2.89. The molecule has 0 saturated carbocycles. The molecule has 124 valence electrons. The van der Waals surface area contributed by atoms with Gasteiger partial charge in [-0.25, -0.2) is 9.97 Å². The minimum atomic E-state index is 0.456. The second kappa shape index (κ2) is 7.12. The number of methoxy groups -OCH3 is 2. The molecule has 0 bridgehead atoms. The third-order valence-electron chi connectivity index (χ3n) is 3.87. The van der Waals surface area contributed by atoms with Gasteiger partial charge in [0.15, 0.2) is 11.5 Å². The Balaban J connectivity index is 1.81. The van der Waals surface area contributed by atoms with E-state index in [0.29, 0.717) is 17.3 Å². The number of pyridine rings is 1. The van der Waals surface area contributed by atoms with E-state index in [-0.39, 0.29) is 0 Å². The highest BCUT2D eigenvalue weighted by Gasteiger charge is 2.11. The van der Waals surface area contributed by atoms with Crippen molar-refractivity contribution in [3.8, 4) is 11.5 Å². The van der Waals surface area contributed by atoms with Crippen LogP contribution in [0, 0.1) is 0 Å². The van der Waals surface area contributed by atoms with Crippen LogP contribution in [0.1, 0.15) is 17.8 Å². The SMILES string of the molecule is COc1cc2nc(CCCc3cccnc3)nc(N)c2cc1OC. The lowest BCUT2D eigenvalue weighted by atomic mass is 10.1. The van der Waals surface area contributed by atoms with Gasteiger partial charge < -0.3 is 15.2 Å². The quantitative estimate of drug-likeness (QED) is 0.750. The molecule has 0 aliphatic carbocycles. The average molecular weight is 324 g/mol. The zero-order chi connectivity index (χ0) is 16.9. The van der Waals surface area contributed by atoms with Gasteiger partial charge in [-0.15, -0.1) is 0 Å². The summed E-state index contributed by atoms with van der Waals surface area (Å²) in [6.07, 6.45) is 6.28. The molecular weight excluding hydrogens is 304 g/mol. The molecule has 0 amide bonds. The number of benzene rings is 1. The van der Waals surface area contributed by atoms with Gasteiger partial charge in [0.1, 0.15) is 11.6 Å². The number of aryl methyl sites for hydroxylation is 2. The van der Waals surface area contributed by atoms with E-state index in [1.807, 2.05) is 24.4 Å². The molecule has 0 unspecified atom stereocenters. The zero-order valence-corrected chi connectivity index (χ0v) is 13.8. The molecule has 6 heteroatoms. The molecule has 2 heterocycles. The van der Waals surface area contributed by atoms with Crippen LogP contribution in [-0.2, 0) is 12.8 Å². The zero-order valence-electron chi connectivity index (χ0n) is 13.8. The van der Waals surface area contributed by atoms with E-state index >= 15 is 0 Å². The molecule has 1 aromatic carbocycles. The van der Waals surface area contributed by atoms with Gasteiger partial charge in [-0.2, -0.15) is 0 Å². The van der Waals surface area contributed by atoms with Crippen LogP contribution >= 0.6 is 0 Å². The first-order valence-electron chi connectivity index (χ1n) is 7.78. The standard InChI is InChI=1S/C18H20N4O2/c1-23-15-9-13-14(10-16(15)24-2)21-17(22-18(13)19)7-3-5-12-6-4-8-20-11-12/h4,6,8-11H,3,5,7H2,1-2H3,(H2,19,21,22). The number of nitrogens with two attached hydrogens (primary N) is 1. The summed E-state index contributed by atoms with van der Waals surface area (Å²) in [5.41, 5.74) is 8.06. The molecule has 0 atom stereocenters. The molecule has 0 spiro atoms. The van der Waals surface area contributed by atoms with Crippen molar-refractivity contribution in [3.05, 3.63) is 48.0 Å². The second-order valence-corrected chi connectivity index (χ2v) is 5.46. The van der Waals surface area contributed by atoms with Crippen molar-refractivity contribution >= 4 is 16.7 Å². The molecule has 2 aromatic heterocycles. The first-order valence-corrected chi connectivity index (χ1v) is 7.78. The van der Waals surface area contributed by atoms with Gasteiger partial charge in [0.05, 0.1) is 19.7 Å². The molecule has 6 nitrogen and oxygen atoms in total. The summed E-state index contributed by atoms with van der Waals surface area (Å²) in [5.74, 6) is 2.43. The smallest absolute Gasteiger partial charge is 0.162 e. The Morgan fingerprint density at radius 2 is 1.83 bits per heavy atom. The fourth-order valence-corrected chi connectivity index (χ4v) is 2.64. The van der Waals surface area contributed by atoms with E-state index in [0.717, 1.165) is 36.0 Å². The van der Waals surface area contributed by atoms with E-state index in [2.05, 4.69) is 21.0 Å². The number of hydrogen-bond acceptors (Lipinski definition) is 6. The summed E-state index contributed by atoms with van der Waals surface area (Å²) in [6, 6.07) is 7.65. The van der Waals surface area contributed by atoms with E-state index < -0.39 is 0 Å². The topological polar surface area (TPSA) is 83.2 Å². The maximum absolute atomic E-state index is 6.10. The van der Waals surface area contributed by atoms with Crippen LogP contribution in [0.4, 0.5) is 5.82 Å². The average Bonchev–Trinajstić information content (AvgIpc) is 2.61. The molecule has 0 aliphatic heterocycles. The van der Waals surface area contributed by atoms with Crippen molar-refractivity contribution in [2.75, 3.05) is 20.0 Å². The number of hydrogen-bond donors (Lipinski definition) is 1. The molecule has 3 rings (SSSR count). The Morgan fingerprint density at radius 1 is 1.04 bits per heavy atom. The predicted octanol–water partition coefficient (Wildman–Crippen LogP) is 2.80.